The quantitative estimate of drug-likeness (QED) is 0.731. The van der Waals surface area contributed by atoms with Crippen molar-refractivity contribution in [1.82, 2.24) is 10.2 Å². The van der Waals surface area contributed by atoms with E-state index >= 15 is 0 Å². The lowest BCUT2D eigenvalue weighted by atomic mass is 9.90. The van der Waals surface area contributed by atoms with Crippen molar-refractivity contribution >= 4 is 23.5 Å². The fourth-order valence-electron chi connectivity index (χ4n) is 2.92. The maximum absolute atomic E-state index is 12.0. The van der Waals surface area contributed by atoms with Gasteiger partial charge in [0.1, 0.15) is 12.4 Å². The SMILES string of the molecule is CC1CC(C(=O)O)CN(CC(=O)NCCOc2ccc(Cl)cc2)C1. The molecule has 2 unspecified atom stereocenters. The van der Waals surface area contributed by atoms with Gasteiger partial charge in [-0.3, -0.25) is 14.5 Å². The van der Waals surface area contributed by atoms with E-state index < -0.39 is 11.9 Å². The number of carbonyl (C=O) groups is 2. The van der Waals surface area contributed by atoms with E-state index in [4.69, 9.17) is 21.4 Å². The van der Waals surface area contributed by atoms with Gasteiger partial charge < -0.3 is 15.2 Å². The number of carbonyl (C=O) groups excluding carboxylic acids is 1. The summed E-state index contributed by atoms with van der Waals surface area (Å²) < 4.78 is 5.50. The average Bonchev–Trinajstić information content (AvgIpc) is 2.52. The summed E-state index contributed by atoms with van der Waals surface area (Å²) in [4.78, 5) is 25.0. The predicted octanol–water partition coefficient (Wildman–Crippen LogP) is 1.88. The number of nitrogens with zero attached hydrogens (tertiary/aromatic N) is 1. The van der Waals surface area contributed by atoms with Crippen LogP contribution in [-0.2, 0) is 9.59 Å². The normalized spacial score (nSPS) is 21.2. The molecule has 2 N–H and O–H groups in total. The van der Waals surface area contributed by atoms with Crippen molar-refractivity contribution in [3.8, 4) is 5.75 Å². The molecule has 0 spiro atoms. The summed E-state index contributed by atoms with van der Waals surface area (Å²) in [5.74, 6) is -0.324. The first kappa shape index (κ1) is 18.5. The van der Waals surface area contributed by atoms with E-state index in [1.165, 1.54) is 0 Å². The third-order valence-electron chi connectivity index (χ3n) is 3.96. The minimum atomic E-state index is -0.789. The molecule has 0 aromatic heterocycles. The van der Waals surface area contributed by atoms with Gasteiger partial charge in [-0.2, -0.15) is 0 Å². The molecule has 0 saturated carbocycles. The molecule has 24 heavy (non-hydrogen) atoms. The molecule has 1 aliphatic rings. The van der Waals surface area contributed by atoms with Crippen molar-refractivity contribution in [3.05, 3.63) is 29.3 Å². The molecule has 2 atom stereocenters. The average molecular weight is 355 g/mol. The minimum Gasteiger partial charge on any atom is -0.492 e. The number of amides is 1. The second-order valence-electron chi connectivity index (χ2n) is 6.22. The monoisotopic (exact) mass is 354 g/mol. The van der Waals surface area contributed by atoms with Crippen LogP contribution in [0.15, 0.2) is 24.3 Å². The zero-order chi connectivity index (χ0) is 17.5. The number of halogens is 1. The Morgan fingerprint density at radius 3 is 2.71 bits per heavy atom. The number of likely N-dealkylation sites (tertiary alicyclic amines) is 1. The lowest BCUT2D eigenvalue weighted by Gasteiger charge is -2.34. The van der Waals surface area contributed by atoms with Gasteiger partial charge in [-0.1, -0.05) is 18.5 Å². The molecule has 6 nitrogen and oxygen atoms in total. The highest BCUT2D eigenvalue weighted by Crippen LogP contribution is 2.21. The van der Waals surface area contributed by atoms with Gasteiger partial charge in [0.2, 0.25) is 5.91 Å². The number of carboxylic acid groups (broad SMARTS) is 1. The number of piperidine rings is 1. The third-order valence-corrected chi connectivity index (χ3v) is 4.21. The first-order chi connectivity index (χ1) is 11.4. The van der Waals surface area contributed by atoms with Gasteiger partial charge in [0.15, 0.2) is 0 Å². The third kappa shape index (κ3) is 6.02. The first-order valence-electron chi connectivity index (χ1n) is 8.04. The highest BCUT2D eigenvalue weighted by Gasteiger charge is 2.30. The number of ether oxygens (including phenoxy) is 1. The summed E-state index contributed by atoms with van der Waals surface area (Å²) in [5, 5.41) is 12.6. The molecule has 1 amide bonds. The van der Waals surface area contributed by atoms with Crippen molar-refractivity contribution in [2.75, 3.05) is 32.8 Å². The second-order valence-corrected chi connectivity index (χ2v) is 6.66. The van der Waals surface area contributed by atoms with Crippen molar-refractivity contribution in [2.45, 2.75) is 13.3 Å². The molecule has 1 aromatic rings. The van der Waals surface area contributed by atoms with Crippen molar-refractivity contribution in [2.24, 2.45) is 11.8 Å². The molecule has 0 aliphatic carbocycles. The van der Waals surface area contributed by atoms with E-state index in [0.29, 0.717) is 36.9 Å². The Morgan fingerprint density at radius 2 is 2.04 bits per heavy atom. The van der Waals surface area contributed by atoms with Gasteiger partial charge in [0, 0.05) is 18.1 Å². The standard InChI is InChI=1S/C17H23ClN2O4/c1-12-8-13(17(22)23)10-20(9-12)11-16(21)19-6-7-24-15-4-2-14(18)3-5-15/h2-5,12-13H,6-11H2,1H3,(H,19,21)(H,22,23). The predicted molar refractivity (Wildman–Crippen MR) is 91.3 cm³/mol. The Bertz CT molecular complexity index is 564. The summed E-state index contributed by atoms with van der Waals surface area (Å²) in [7, 11) is 0. The van der Waals surface area contributed by atoms with Crippen LogP contribution in [0.1, 0.15) is 13.3 Å². The van der Waals surface area contributed by atoms with E-state index in [9.17, 15) is 9.59 Å². The van der Waals surface area contributed by atoms with E-state index in [-0.39, 0.29) is 18.4 Å². The molecule has 2 rings (SSSR count). The van der Waals surface area contributed by atoms with Crippen molar-refractivity contribution in [1.29, 1.82) is 0 Å². The van der Waals surface area contributed by atoms with E-state index in [0.717, 1.165) is 6.54 Å². The Kier molecular flexibility index (Phi) is 6.87. The van der Waals surface area contributed by atoms with Gasteiger partial charge in [0.05, 0.1) is 19.0 Å². The van der Waals surface area contributed by atoms with Crippen LogP contribution in [0.25, 0.3) is 0 Å². The van der Waals surface area contributed by atoms with Gasteiger partial charge >= 0.3 is 5.97 Å². The smallest absolute Gasteiger partial charge is 0.307 e. The molecule has 132 valence electrons. The fraction of sp³-hybridized carbons (Fsp3) is 0.529. The molecule has 1 aromatic carbocycles. The van der Waals surface area contributed by atoms with Crippen LogP contribution in [0.2, 0.25) is 5.02 Å². The largest absolute Gasteiger partial charge is 0.492 e. The van der Waals surface area contributed by atoms with Crippen LogP contribution in [0, 0.1) is 11.8 Å². The zero-order valence-corrected chi connectivity index (χ0v) is 14.5. The number of hydrogen-bond donors (Lipinski definition) is 2. The summed E-state index contributed by atoms with van der Waals surface area (Å²) >= 11 is 5.79. The number of hydrogen-bond acceptors (Lipinski definition) is 4. The number of aliphatic carboxylic acids is 1. The number of carboxylic acids is 1. The maximum atomic E-state index is 12.0. The topological polar surface area (TPSA) is 78.9 Å². The van der Waals surface area contributed by atoms with Crippen LogP contribution in [-0.4, -0.2) is 54.7 Å². The van der Waals surface area contributed by atoms with Crippen LogP contribution >= 0.6 is 11.6 Å². The molecule has 0 bridgehead atoms. The summed E-state index contributed by atoms with van der Waals surface area (Å²) in [5.41, 5.74) is 0. The Morgan fingerprint density at radius 1 is 1.33 bits per heavy atom. The van der Waals surface area contributed by atoms with Gasteiger partial charge in [-0.05, 0) is 36.6 Å². The lowest BCUT2D eigenvalue weighted by Crippen LogP contribution is -2.47. The summed E-state index contributed by atoms with van der Waals surface area (Å²) in [6.45, 7) is 4.16. The molecular formula is C17H23ClN2O4. The minimum absolute atomic E-state index is 0.118. The molecular weight excluding hydrogens is 332 g/mol. The molecule has 1 heterocycles. The molecule has 0 radical (unpaired) electrons. The van der Waals surface area contributed by atoms with Gasteiger partial charge in [-0.15, -0.1) is 0 Å². The molecule has 1 saturated heterocycles. The molecule has 1 aliphatic heterocycles. The van der Waals surface area contributed by atoms with Crippen molar-refractivity contribution < 1.29 is 19.4 Å². The summed E-state index contributed by atoms with van der Waals surface area (Å²) in [6.07, 6.45) is 0.669. The van der Waals surface area contributed by atoms with Crippen LogP contribution in [0.5, 0.6) is 5.75 Å². The maximum Gasteiger partial charge on any atom is 0.307 e. The lowest BCUT2D eigenvalue weighted by molar-refractivity contribution is -0.145. The van der Waals surface area contributed by atoms with Gasteiger partial charge in [0.25, 0.3) is 0 Å². The van der Waals surface area contributed by atoms with Crippen molar-refractivity contribution in [3.63, 3.8) is 0 Å². The van der Waals surface area contributed by atoms with Gasteiger partial charge in [-0.25, -0.2) is 0 Å². The Balaban J connectivity index is 1.67. The van der Waals surface area contributed by atoms with Crippen LogP contribution < -0.4 is 10.1 Å². The number of rotatable bonds is 7. The highest BCUT2D eigenvalue weighted by atomic mass is 35.5. The van der Waals surface area contributed by atoms with Crippen LogP contribution in [0.4, 0.5) is 0 Å². The first-order valence-corrected chi connectivity index (χ1v) is 8.42. The number of benzene rings is 1. The molecule has 7 heteroatoms. The Hall–Kier alpha value is -1.79. The highest BCUT2D eigenvalue weighted by molar-refractivity contribution is 6.30. The Labute approximate surface area is 146 Å². The molecule has 1 fully saturated rings. The zero-order valence-electron chi connectivity index (χ0n) is 13.7. The van der Waals surface area contributed by atoms with E-state index in [1.807, 2.05) is 11.8 Å². The summed E-state index contributed by atoms with van der Waals surface area (Å²) in [6, 6.07) is 7.02. The van der Waals surface area contributed by atoms with Crippen LogP contribution in [0.3, 0.4) is 0 Å². The fourth-order valence-corrected chi connectivity index (χ4v) is 3.04. The van der Waals surface area contributed by atoms with E-state index in [1.54, 1.807) is 24.3 Å². The second kappa shape index (κ2) is 8.89. The number of nitrogens with one attached hydrogen (secondary N) is 1. The van der Waals surface area contributed by atoms with E-state index in [2.05, 4.69) is 5.32 Å².